The molecule has 0 bridgehead atoms. The molecule has 0 radical (unpaired) electrons. The van der Waals surface area contributed by atoms with Crippen molar-refractivity contribution in [3.05, 3.63) is 71.4 Å². The van der Waals surface area contributed by atoms with E-state index in [9.17, 15) is 48.6 Å². The fourth-order valence-corrected chi connectivity index (χ4v) is 9.23. The normalized spacial score (nSPS) is 20.2. The monoisotopic (exact) mass is 1020 g/mol. The van der Waals surface area contributed by atoms with Crippen molar-refractivity contribution in [1.82, 2.24) is 9.55 Å². The maximum Gasteiger partial charge on any atom is 0.481 e. The van der Waals surface area contributed by atoms with E-state index in [1.807, 2.05) is 12.2 Å². The Morgan fingerprint density at radius 1 is 0.768 bits per heavy atom. The van der Waals surface area contributed by atoms with Crippen molar-refractivity contribution >= 4 is 33.4 Å². The third-order valence-corrected chi connectivity index (χ3v) is 13.6. The number of ether oxygens (including phenoxy) is 3. The quantitative estimate of drug-likeness (QED) is 0.0118. The van der Waals surface area contributed by atoms with Gasteiger partial charge in [0.15, 0.2) is 12.3 Å². The molecule has 0 saturated carbocycles. The summed E-state index contributed by atoms with van der Waals surface area (Å²) in [5.74, 6) is -1.50. The lowest BCUT2D eigenvalue weighted by Crippen LogP contribution is -2.36. The van der Waals surface area contributed by atoms with E-state index in [0.717, 1.165) is 55.7 Å². The molecule has 2 rings (SSSR count). The summed E-state index contributed by atoms with van der Waals surface area (Å²) in [6, 6.07) is 1.24. The van der Waals surface area contributed by atoms with Gasteiger partial charge in [0, 0.05) is 19.0 Å². The van der Waals surface area contributed by atoms with Crippen LogP contribution in [0.5, 0.6) is 0 Å². The summed E-state index contributed by atoms with van der Waals surface area (Å²) in [4.78, 5) is 61.8. The van der Waals surface area contributed by atoms with Crippen LogP contribution in [0.15, 0.2) is 65.7 Å². The van der Waals surface area contributed by atoms with Crippen LogP contribution >= 0.6 is 15.6 Å². The zero-order valence-electron chi connectivity index (χ0n) is 40.7. The second kappa shape index (κ2) is 36.6. The van der Waals surface area contributed by atoms with Crippen molar-refractivity contribution in [2.45, 2.75) is 198 Å². The number of phosphoric acid groups is 2. The number of aliphatic hydroxyl groups excluding tert-OH is 3. The van der Waals surface area contributed by atoms with E-state index in [1.54, 1.807) is 12.2 Å². The Morgan fingerprint density at radius 2 is 1.35 bits per heavy atom. The number of nitrogens with zero attached hydrogens (tertiary/aromatic N) is 2. The highest BCUT2D eigenvalue weighted by molar-refractivity contribution is 7.61. The third-order valence-electron chi connectivity index (χ3n) is 11.0. The van der Waals surface area contributed by atoms with Crippen molar-refractivity contribution in [1.29, 1.82) is 0 Å². The van der Waals surface area contributed by atoms with Crippen LogP contribution in [0.3, 0.4) is 0 Å². The average molecular weight is 1020 g/mol. The van der Waals surface area contributed by atoms with E-state index in [0.29, 0.717) is 6.42 Å². The van der Waals surface area contributed by atoms with Crippen LogP contribution in [0.25, 0.3) is 0 Å². The molecule has 1 aromatic rings. The minimum absolute atomic E-state index is 0.0114. The van der Waals surface area contributed by atoms with Gasteiger partial charge in [-0.2, -0.15) is 9.29 Å². The zero-order chi connectivity index (χ0) is 50.8. The van der Waals surface area contributed by atoms with Crippen LogP contribution in [0.4, 0.5) is 5.82 Å². The van der Waals surface area contributed by atoms with Gasteiger partial charge in [-0.25, -0.2) is 13.9 Å². The summed E-state index contributed by atoms with van der Waals surface area (Å²) in [5.41, 5.74) is 4.57. The molecule has 0 aliphatic carbocycles. The van der Waals surface area contributed by atoms with E-state index < -0.39 is 89.8 Å². The van der Waals surface area contributed by atoms with Crippen molar-refractivity contribution in [2.75, 3.05) is 25.6 Å². The summed E-state index contributed by atoms with van der Waals surface area (Å²) >= 11 is 0. The van der Waals surface area contributed by atoms with Gasteiger partial charge in [0.05, 0.1) is 19.3 Å². The number of hydrogen-bond donors (Lipinski definition) is 6. The highest BCUT2D eigenvalue weighted by Gasteiger charge is 2.46. The molecular weight excluding hydrogens is 936 g/mol. The molecule has 19 nitrogen and oxygen atoms in total. The molecule has 0 spiro atoms. The number of hydrogen-bond acceptors (Lipinski definition) is 16. The number of esters is 2. The zero-order valence-corrected chi connectivity index (χ0v) is 42.5. The minimum atomic E-state index is -5.46. The Labute approximate surface area is 408 Å². The molecule has 21 heteroatoms. The predicted octanol–water partition coefficient (Wildman–Crippen LogP) is 8.75. The average Bonchev–Trinajstić information content (AvgIpc) is 3.58. The molecule has 2 unspecified atom stereocenters. The van der Waals surface area contributed by atoms with Gasteiger partial charge in [0.25, 0.3) is 0 Å². The first-order chi connectivity index (χ1) is 33.1. The highest BCUT2D eigenvalue weighted by Crippen LogP contribution is 2.60. The van der Waals surface area contributed by atoms with Gasteiger partial charge in [-0.05, 0) is 51.0 Å². The van der Waals surface area contributed by atoms with Gasteiger partial charge >= 0.3 is 33.3 Å². The summed E-state index contributed by atoms with van der Waals surface area (Å²) < 4.78 is 56.5. The Hall–Kier alpha value is -3.32. The molecule has 7 N–H and O–H groups in total. The first-order valence-corrected chi connectivity index (χ1v) is 27.7. The fraction of sp³-hybridized carbons (Fsp3) is 0.708. The van der Waals surface area contributed by atoms with Crippen molar-refractivity contribution in [3.63, 3.8) is 0 Å². The number of nitrogen functional groups attached to an aromatic ring is 1. The first kappa shape index (κ1) is 61.8. The molecule has 2 heterocycles. The van der Waals surface area contributed by atoms with Crippen molar-refractivity contribution in [2.24, 2.45) is 0 Å². The number of nitrogens with two attached hydrogens (primary N) is 1. The largest absolute Gasteiger partial charge is 0.481 e. The Bertz CT molecular complexity index is 1860. The standard InChI is InChI=1S/C48H81N3O16P2/c1-3-5-7-9-11-13-15-17-19-21-23-25-27-30-39(52)31-29-33-43(53)62-36-40(65-44(54)32-28-26-24-22-20-18-16-14-12-10-8-6-4-2)37-63-68(58,59)67-69(60,61)64-38-41-45(55)46(56)47(66-41)51-35-34-42(49)50-48(51)57/h11,13,17,19,23,25,27,30,34-35,39-41,45-47,52,55-56H,3-10,12,14-16,18,20-22,24,26,28-29,31-33,36-38H2,1-2H3,(H,58,59)(H,60,61)(H2,49,50,57)/b13-11-,19-17-,25-23-,30-27+/t39-,40-,41-,45-,46-,47-/m1/s1. The summed E-state index contributed by atoms with van der Waals surface area (Å²) in [7, 11) is -10.9. The van der Waals surface area contributed by atoms with Gasteiger partial charge < -0.3 is 45.1 Å². The summed E-state index contributed by atoms with van der Waals surface area (Å²) in [5, 5.41) is 31.2. The van der Waals surface area contributed by atoms with Gasteiger partial charge in [-0.15, -0.1) is 0 Å². The molecule has 1 aliphatic rings. The van der Waals surface area contributed by atoms with Crippen LogP contribution in [0.1, 0.15) is 168 Å². The smallest absolute Gasteiger partial charge is 0.462 e. The van der Waals surface area contributed by atoms with Crippen molar-refractivity contribution < 1.29 is 71.4 Å². The number of aromatic nitrogens is 2. The molecule has 394 valence electrons. The highest BCUT2D eigenvalue weighted by atomic mass is 31.3. The van der Waals surface area contributed by atoms with Gasteiger partial charge in [0.1, 0.15) is 30.7 Å². The molecule has 1 fully saturated rings. The van der Waals surface area contributed by atoms with Crippen LogP contribution in [-0.4, -0.2) is 96.9 Å². The lowest BCUT2D eigenvalue weighted by molar-refractivity contribution is -0.161. The molecule has 0 aromatic carbocycles. The first-order valence-electron chi connectivity index (χ1n) is 24.8. The number of aliphatic hydroxyl groups is 3. The molecule has 69 heavy (non-hydrogen) atoms. The Kier molecular flexibility index (Phi) is 32.8. The number of allylic oxidation sites excluding steroid dienone is 7. The fourth-order valence-electron chi connectivity index (χ4n) is 7.12. The van der Waals surface area contributed by atoms with Crippen LogP contribution in [0, 0.1) is 0 Å². The SMILES string of the molecule is CCCCC/C=C\C/C=C\C/C=C\C=C\[C@@H](O)CCCC(=O)OC[C@H](COP(=O)(O)OP(=O)(O)OC[C@H]1O[C@@H](n2ccc(N)nc2=O)[C@H](O)[C@@H]1O)OC(=O)CCCCCCCCCCCCCCC. The number of unbranched alkanes of at least 4 members (excludes halogenated alkanes) is 15. The topological polar surface area (TPSA) is 286 Å². The number of phosphoric ester groups is 2. The molecule has 8 atom stereocenters. The van der Waals surface area contributed by atoms with Crippen LogP contribution in [0.2, 0.25) is 0 Å². The predicted molar refractivity (Wildman–Crippen MR) is 262 cm³/mol. The summed E-state index contributed by atoms with van der Waals surface area (Å²) in [6.07, 6.45) is 29.4. The summed E-state index contributed by atoms with van der Waals surface area (Å²) in [6.45, 7) is 1.93. The molecule has 1 aromatic heterocycles. The number of rotatable bonds is 40. The van der Waals surface area contributed by atoms with Gasteiger partial charge in [-0.3, -0.25) is 23.2 Å². The van der Waals surface area contributed by atoms with Gasteiger partial charge in [0.2, 0.25) is 0 Å². The van der Waals surface area contributed by atoms with E-state index in [1.165, 1.54) is 76.7 Å². The molecular formula is C48H81N3O16P2. The maximum absolute atomic E-state index is 12.8. The second-order valence-electron chi connectivity index (χ2n) is 17.2. The molecule has 1 saturated heterocycles. The van der Waals surface area contributed by atoms with E-state index in [4.69, 9.17) is 29.0 Å². The third kappa shape index (κ3) is 29.6. The Morgan fingerprint density at radius 3 is 2.00 bits per heavy atom. The minimum Gasteiger partial charge on any atom is -0.462 e. The lowest BCUT2D eigenvalue weighted by Gasteiger charge is -2.21. The maximum atomic E-state index is 12.8. The second-order valence-corrected chi connectivity index (χ2v) is 20.2. The molecule has 0 amide bonds. The number of carbonyl (C=O) groups excluding carboxylic acids is 2. The van der Waals surface area contributed by atoms with E-state index in [-0.39, 0.29) is 31.5 Å². The van der Waals surface area contributed by atoms with Crippen molar-refractivity contribution in [3.8, 4) is 0 Å². The van der Waals surface area contributed by atoms with E-state index >= 15 is 0 Å². The van der Waals surface area contributed by atoms with E-state index in [2.05, 4.69) is 47.4 Å². The van der Waals surface area contributed by atoms with Crippen LogP contribution in [-0.2, 0) is 46.3 Å². The Balaban J connectivity index is 1.86. The van der Waals surface area contributed by atoms with Crippen LogP contribution < -0.4 is 11.4 Å². The number of anilines is 1. The number of carbonyl (C=O) groups is 2. The van der Waals surface area contributed by atoms with Gasteiger partial charge in [-0.1, -0.05) is 152 Å². The lowest BCUT2D eigenvalue weighted by atomic mass is 10.0. The molecule has 1 aliphatic heterocycles.